The van der Waals surface area contributed by atoms with E-state index < -0.39 is 0 Å². The molecule has 2 aromatic rings. The summed E-state index contributed by atoms with van der Waals surface area (Å²) >= 11 is 0. The van der Waals surface area contributed by atoms with Crippen molar-refractivity contribution in [1.29, 1.82) is 0 Å². The number of amides is 3. The Morgan fingerprint density at radius 1 is 1.20 bits per heavy atom. The number of benzene rings is 1. The van der Waals surface area contributed by atoms with Crippen molar-refractivity contribution in [2.24, 2.45) is 7.05 Å². The number of anilines is 1. The third kappa shape index (κ3) is 5.11. The van der Waals surface area contributed by atoms with Gasteiger partial charge in [0.25, 0.3) is 0 Å². The summed E-state index contributed by atoms with van der Waals surface area (Å²) < 4.78 is 2.00. The molecule has 0 spiro atoms. The van der Waals surface area contributed by atoms with Crippen LogP contribution in [-0.4, -0.2) is 28.5 Å². The van der Waals surface area contributed by atoms with E-state index in [-0.39, 0.29) is 18.0 Å². The van der Waals surface area contributed by atoms with E-state index in [0.29, 0.717) is 13.0 Å². The van der Waals surface area contributed by atoms with Crippen LogP contribution in [0.1, 0.15) is 37.6 Å². The van der Waals surface area contributed by atoms with Crippen LogP contribution in [0.25, 0.3) is 0 Å². The van der Waals surface area contributed by atoms with Gasteiger partial charge in [-0.2, -0.15) is 0 Å². The topological polar surface area (TPSA) is 66.4 Å². The predicted octanol–water partition coefficient (Wildman–Crippen LogP) is 3.28. The highest BCUT2D eigenvalue weighted by molar-refractivity contribution is 5.90. The van der Waals surface area contributed by atoms with Crippen molar-refractivity contribution in [2.75, 3.05) is 12.4 Å². The molecule has 0 aliphatic carbocycles. The summed E-state index contributed by atoms with van der Waals surface area (Å²) in [6.45, 7) is 4.30. The van der Waals surface area contributed by atoms with Crippen LogP contribution in [0.4, 0.5) is 10.5 Å². The lowest BCUT2D eigenvalue weighted by Gasteiger charge is -2.22. The molecule has 6 nitrogen and oxygen atoms in total. The summed E-state index contributed by atoms with van der Waals surface area (Å²) in [4.78, 5) is 25.4. The van der Waals surface area contributed by atoms with Gasteiger partial charge in [-0.1, -0.05) is 19.1 Å². The molecule has 134 valence electrons. The minimum Gasteiger partial charge on any atom is -0.353 e. The molecule has 0 saturated carbocycles. The van der Waals surface area contributed by atoms with E-state index in [1.165, 1.54) is 0 Å². The molecule has 0 aliphatic rings. The van der Waals surface area contributed by atoms with E-state index in [2.05, 4.69) is 10.6 Å². The Labute approximate surface area is 148 Å². The van der Waals surface area contributed by atoms with Crippen LogP contribution in [0.15, 0.2) is 42.6 Å². The molecule has 6 heteroatoms. The molecule has 0 aliphatic heterocycles. The highest BCUT2D eigenvalue weighted by Gasteiger charge is 2.14. The molecule has 3 amide bonds. The average molecular weight is 342 g/mol. The van der Waals surface area contributed by atoms with Gasteiger partial charge in [0.15, 0.2) is 0 Å². The summed E-state index contributed by atoms with van der Waals surface area (Å²) in [6.07, 6.45) is 2.41. The van der Waals surface area contributed by atoms with E-state index in [1.807, 2.05) is 68.1 Å². The van der Waals surface area contributed by atoms with Gasteiger partial charge in [-0.15, -0.1) is 0 Å². The fourth-order valence-electron chi connectivity index (χ4n) is 2.46. The molecule has 2 N–H and O–H groups in total. The maximum absolute atomic E-state index is 12.4. The molecule has 1 heterocycles. The Kier molecular flexibility index (Phi) is 6.22. The number of hydrogen-bond donors (Lipinski definition) is 2. The Morgan fingerprint density at radius 2 is 1.88 bits per heavy atom. The van der Waals surface area contributed by atoms with Crippen molar-refractivity contribution < 1.29 is 9.59 Å². The monoisotopic (exact) mass is 342 g/mol. The summed E-state index contributed by atoms with van der Waals surface area (Å²) in [5.41, 5.74) is 2.81. The van der Waals surface area contributed by atoms with Crippen LogP contribution in [0.2, 0.25) is 0 Å². The van der Waals surface area contributed by atoms with E-state index in [1.54, 1.807) is 11.9 Å². The van der Waals surface area contributed by atoms with Gasteiger partial charge >= 0.3 is 6.03 Å². The second kappa shape index (κ2) is 8.37. The summed E-state index contributed by atoms with van der Waals surface area (Å²) in [7, 11) is 3.74. The van der Waals surface area contributed by atoms with Crippen molar-refractivity contribution in [2.45, 2.75) is 32.9 Å². The Hall–Kier alpha value is -2.76. The number of hydrogen-bond acceptors (Lipinski definition) is 2. The molecular formula is C19H26N4O2. The fraction of sp³-hybridized carbons (Fsp3) is 0.368. The molecule has 0 bridgehead atoms. The SMILES string of the molecule is CCC(=O)Nc1ccc(C(C)NC(=O)N(C)Cc2cccn2C)cc1. The zero-order chi connectivity index (χ0) is 18.4. The van der Waals surface area contributed by atoms with E-state index in [4.69, 9.17) is 0 Å². The van der Waals surface area contributed by atoms with Gasteiger partial charge in [0.2, 0.25) is 5.91 Å². The second-order valence-electron chi connectivity index (χ2n) is 6.16. The first kappa shape index (κ1) is 18.6. The molecule has 1 aromatic carbocycles. The maximum atomic E-state index is 12.4. The van der Waals surface area contributed by atoms with Gasteiger partial charge in [-0.05, 0) is 36.8 Å². The number of rotatable bonds is 6. The van der Waals surface area contributed by atoms with Crippen LogP contribution in [0.5, 0.6) is 0 Å². The Balaban J connectivity index is 1.91. The van der Waals surface area contributed by atoms with Gasteiger partial charge in [0.1, 0.15) is 0 Å². The van der Waals surface area contributed by atoms with E-state index in [9.17, 15) is 9.59 Å². The van der Waals surface area contributed by atoms with E-state index >= 15 is 0 Å². The standard InChI is InChI=1S/C19H26N4O2/c1-5-18(24)21-16-10-8-15(9-11-16)14(2)20-19(25)23(4)13-17-7-6-12-22(17)3/h6-12,14H,5,13H2,1-4H3,(H,20,25)(H,21,24). The molecule has 1 unspecified atom stereocenters. The van der Waals surface area contributed by atoms with Gasteiger partial charge in [0, 0.05) is 38.1 Å². The molecule has 0 fully saturated rings. The third-order valence-electron chi connectivity index (χ3n) is 4.15. The molecule has 1 atom stereocenters. The lowest BCUT2D eigenvalue weighted by Crippen LogP contribution is -2.38. The number of aromatic nitrogens is 1. The van der Waals surface area contributed by atoms with Gasteiger partial charge in [0.05, 0.1) is 12.6 Å². The number of nitrogens with zero attached hydrogens (tertiary/aromatic N) is 2. The molecule has 0 saturated heterocycles. The van der Waals surface area contributed by atoms with Crippen LogP contribution in [0, 0.1) is 0 Å². The highest BCUT2D eigenvalue weighted by Crippen LogP contribution is 2.17. The number of carbonyl (C=O) groups excluding carboxylic acids is 2. The molecule has 25 heavy (non-hydrogen) atoms. The summed E-state index contributed by atoms with van der Waals surface area (Å²) in [6, 6.07) is 11.2. The molecular weight excluding hydrogens is 316 g/mol. The lowest BCUT2D eigenvalue weighted by molar-refractivity contribution is -0.115. The Bertz CT molecular complexity index is 721. The quantitative estimate of drug-likeness (QED) is 0.846. The maximum Gasteiger partial charge on any atom is 0.317 e. The first-order chi connectivity index (χ1) is 11.9. The van der Waals surface area contributed by atoms with Crippen molar-refractivity contribution in [3.05, 3.63) is 53.9 Å². The smallest absolute Gasteiger partial charge is 0.317 e. The van der Waals surface area contributed by atoms with Gasteiger partial charge in [-0.25, -0.2) is 4.79 Å². The third-order valence-corrected chi connectivity index (χ3v) is 4.15. The van der Waals surface area contributed by atoms with Crippen LogP contribution in [0.3, 0.4) is 0 Å². The van der Waals surface area contributed by atoms with Crippen molar-refractivity contribution >= 4 is 17.6 Å². The minimum absolute atomic E-state index is 0.0172. The lowest BCUT2D eigenvalue weighted by atomic mass is 10.1. The van der Waals surface area contributed by atoms with Crippen molar-refractivity contribution in [3.63, 3.8) is 0 Å². The largest absolute Gasteiger partial charge is 0.353 e. The number of nitrogens with one attached hydrogen (secondary N) is 2. The van der Waals surface area contributed by atoms with Crippen LogP contribution >= 0.6 is 0 Å². The second-order valence-corrected chi connectivity index (χ2v) is 6.16. The normalized spacial score (nSPS) is 11.7. The predicted molar refractivity (Wildman–Crippen MR) is 99.2 cm³/mol. The van der Waals surface area contributed by atoms with Crippen molar-refractivity contribution in [3.8, 4) is 0 Å². The summed E-state index contributed by atoms with van der Waals surface area (Å²) in [5, 5.41) is 5.80. The fourth-order valence-corrected chi connectivity index (χ4v) is 2.46. The minimum atomic E-state index is -0.128. The first-order valence-electron chi connectivity index (χ1n) is 8.42. The first-order valence-corrected chi connectivity index (χ1v) is 8.42. The average Bonchev–Trinajstić information content (AvgIpc) is 3.00. The number of urea groups is 1. The van der Waals surface area contributed by atoms with Crippen LogP contribution < -0.4 is 10.6 Å². The van der Waals surface area contributed by atoms with Crippen LogP contribution in [-0.2, 0) is 18.4 Å². The molecule has 1 aromatic heterocycles. The molecule has 0 radical (unpaired) electrons. The van der Waals surface area contributed by atoms with Gasteiger partial charge < -0.3 is 20.1 Å². The van der Waals surface area contributed by atoms with Crippen molar-refractivity contribution in [1.82, 2.24) is 14.8 Å². The zero-order valence-electron chi connectivity index (χ0n) is 15.2. The zero-order valence-corrected chi connectivity index (χ0v) is 15.2. The number of carbonyl (C=O) groups is 2. The Morgan fingerprint density at radius 3 is 2.44 bits per heavy atom. The highest BCUT2D eigenvalue weighted by atomic mass is 16.2. The number of aryl methyl sites for hydroxylation is 1. The summed E-state index contributed by atoms with van der Waals surface area (Å²) in [5.74, 6) is -0.0172. The van der Waals surface area contributed by atoms with Gasteiger partial charge in [-0.3, -0.25) is 4.79 Å². The van der Waals surface area contributed by atoms with E-state index in [0.717, 1.165) is 16.9 Å². The molecule has 2 rings (SSSR count).